The van der Waals surface area contributed by atoms with Gasteiger partial charge in [0.05, 0.1) is 10.0 Å². The lowest BCUT2D eigenvalue weighted by atomic mass is 10.1. The average molecular weight is 417 g/mol. The van der Waals surface area contributed by atoms with E-state index in [2.05, 4.69) is 22.8 Å². The Morgan fingerprint density at radius 2 is 1.18 bits per heavy atom. The molecule has 0 atom stereocenters. The number of aromatic hydroxyl groups is 2. The normalized spacial score (nSPS) is 10.7. The van der Waals surface area contributed by atoms with Gasteiger partial charge < -0.3 is 20.8 Å². The first-order valence-electron chi connectivity index (χ1n) is 8.87. The molecule has 146 valence electrons. The average Bonchev–Trinajstić information content (AvgIpc) is 2.67. The molecule has 0 bridgehead atoms. The molecular weight excluding hydrogens is 395 g/mol. The minimum atomic E-state index is -0.110. The minimum absolute atomic E-state index is 0.110. The van der Waals surface area contributed by atoms with Gasteiger partial charge >= 0.3 is 0 Å². The standard InChI is InChI=1S/C22H22Cl2N2O2/c1-13-6-17(7-14(2)21(13)27)25-11-15-4-3-5-16(8-15)12-26-18-9-19(23)22(28)20(24)10-18/h3-10,25-28H,11-12H2,1-2H3. The van der Waals surface area contributed by atoms with Gasteiger partial charge in [0.15, 0.2) is 5.75 Å². The zero-order valence-corrected chi connectivity index (χ0v) is 17.2. The van der Waals surface area contributed by atoms with Crippen molar-refractivity contribution < 1.29 is 10.2 Å². The molecule has 0 aromatic heterocycles. The molecule has 28 heavy (non-hydrogen) atoms. The first-order valence-corrected chi connectivity index (χ1v) is 9.63. The highest BCUT2D eigenvalue weighted by molar-refractivity contribution is 6.37. The molecule has 3 rings (SSSR count). The summed E-state index contributed by atoms with van der Waals surface area (Å²) in [7, 11) is 0. The number of nitrogens with one attached hydrogen (secondary N) is 2. The third-order valence-corrected chi connectivity index (χ3v) is 5.07. The Balaban J connectivity index is 1.64. The lowest BCUT2D eigenvalue weighted by Crippen LogP contribution is -2.03. The van der Waals surface area contributed by atoms with Gasteiger partial charge in [-0.15, -0.1) is 0 Å². The molecule has 0 radical (unpaired) electrons. The van der Waals surface area contributed by atoms with Gasteiger partial charge in [-0.2, -0.15) is 0 Å². The number of halogens is 2. The monoisotopic (exact) mass is 416 g/mol. The summed E-state index contributed by atoms with van der Waals surface area (Å²) in [4.78, 5) is 0. The summed E-state index contributed by atoms with van der Waals surface area (Å²) in [5, 5.41) is 26.6. The predicted octanol–water partition coefficient (Wildman–Crippen LogP) is 6.25. The molecule has 0 heterocycles. The predicted molar refractivity (Wildman–Crippen MR) is 117 cm³/mol. The number of phenolic OH excluding ortho intramolecular Hbond substituents is 2. The number of benzene rings is 3. The van der Waals surface area contributed by atoms with E-state index in [9.17, 15) is 10.2 Å². The largest absolute Gasteiger partial charge is 0.507 e. The Kier molecular flexibility index (Phi) is 6.22. The molecule has 0 aliphatic rings. The Labute approximate surface area is 174 Å². The van der Waals surface area contributed by atoms with Crippen molar-refractivity contribution >= 4 is 34.6 Å². The first kappa shape index (κ1) is 20.2. The van der Waals surface area contributed by atoms with E-state index in [-0.39, 0.29) is 15.8 Å². The molecular formula is C22H22Cl2N2O2. The molecule has 0 aliphatic carbocycles. The van der Waals surface area contributed by atoms with Crippen LogP contribution in [0.3, 0.4) is 0 Å². The molecule has 3 aromatic rings. The van der Waals surface area contributed by atoms with E-state index >= 15 is 0 Å². The van der Waals surface area contributed by atoms with E-state index in [1.54, 1.807) is 12.1 Å². The number of aryl methyl sites for hydroxylation is 2. The van der Waals surface area contributed by atoms with Gasteiger partial charge in [0.25, 0.3) is 0 Å². The van der Waals surface area contributed by atoms with Gasteiger partial charge in [-0.05, 0) is 60.4 Å². The molecule has 0 spiro atoms. The summed E-state index contributed by atoms with van der Waals surface area (Å²) < 4.78 is 0. The van der Waals surface area contributed by atoms with Gasteiger partial charge in [-0.3, -0.25) is 0 Å². The van der Waals surface area contributed by atoms with Crippen LogP contribution in [0.15, 0.2) is 48.5 Å². The Morgan fingerprint density at radius 3 is 1.68 bits per heavy atom. The highest BCUT2D eigenvalue weighted by atomic mass is 35.5. The fraction of sp³-hybridized carbons (Fsp3) is 0.182. The van der Waals surface area contributed by atoms with E-state index in [1.807, 2.05) is 38.1 Å². The van der Waals surface area contributed by atoms with Crippen LogP contribution in [0.2, 0.25) is 10.0 Å². The van der Waals surface area contributed by atoms with Gasteiger partial charge in [0.1, 0.15) is 5.75 Å². The molecule has 4 nitrogen and oxygen atoms in total. The third kappa shape index (κ3) is 4.83. The second kappa shape index (κ2) is 8.63. The van der Waals surface area contributed by atoms with Crippen molar-refractivity contribution in [2.24, 2.45) is 0 Å². The molecule has 6 heteroatoms. The van der Waals surface area contributed by atoms with Crippen LogP contribution in [0, 0.1) is 13.8 Å². The molecule has 0 fully saturated rings. The summed E-state index contributed by atoms with van der Waals surface area (Å²) in [6.07, 6.45) is 0. The quantitative estimate of drug-likeness (QED) is 0.358. The van der Waals surface area contributed by atoms with Gasteiger partial charge in [0, 0.05) is 24.5 Å². The first-order chi connectivity index (χ1) is 13.3. The van der Waals surface area contributed by atoms with Gasteiger partial charge in [0.2, 0.25) is 0 Å². The van der Waals surface area contributed by atoms with Gasteiger partial charge in [-0.1, -0.05) is 47.5 Å². The van der Waals surface area contributed by atoms with Crippen molar-refractivity contribution in [1.29, 1.82) is 0 Å². The highest BCUT2D eigenvalue weighted by Gasteiger charge is 2.07. The third-order valence-electron chi connectivity index (χ3n) is 4.49. The second-order valence-electron chi connectivity index (χ2n) is 6.77. The zero-order valence-electron chi connectivity index (χ0n) is 15.7. The lowest BCUT2D eigenvalue weighted by Gasteiger charge is -2.12. The highest BCUT2D eigenvalue weighted by Crippen LogP contribution is 2.34. The van der Waals surface area contributed by atoms with Crippen molar-refractivity contribution in [3.63, 3.8) is 0 Å². The van der Waals surface area contributed by atoms with E-state index in [0.29, 0.717) is 18.8 Å². The van der Waals surface area contributed by atoms with E-state index in [4.69, 9.17) is 23.2 Å². The lowest BCUT2D eigenvalue weighted by molar-refractivity contribution is 0.467. The number of anilines is 2. The van der Waals surface area contributed by atoms with Crippen LogP contribution < -0.4 is 10.6 Å². The molecule has 4 N–H and O–H groups in total. The Morgan fingerprint density at radius 1 is 0.714 bits per heavy atom. The topological polar surface area (TPSA) is 64.5 Å². The molecule has 0 saturated heterocycles. The number of hydrogen-bond acceptors (Lipinski definition) is 4. The maximum absolute atomic E-state index is 9.89. The van der Waals surface area contributed by atoms with Crippen LogP contribution >= 0.6 is 23.2 Å². The molecule has 0 unspecified atom stereocenters. The second-order valence-corrected chi connectivity index (χ2v) is 7.59. The van der Waals surface area contributed by atoms with Crippen LogP contribution in [-0.4, -0.2) is 10.2 Å². The number of phenols is 2. The van der Waals surface area contributed by atoms with E-state index < -0.39 is 0 Å². The SMILES string of the molecule is Cc1cc(NCc2cccc(CNc3cc(Cl)c(O)c(Cl)c3)c2)cc(C)c1O. The van der Waals surface area contributed by atoms with Crippen molar-refractivity contribution in [3.8, 4) is 11.5 Å². The maximum atomic E-state index is 9.89. The summed E-state index contributed by atoms with van der Waals surface area (Å²) in [6.45, 7) is 5.06. The van der Waals surface area contributed by atoms with E-state index in [0.717, 1.165) is 33.6 Å². The zero-order chi connectivity index (χ0) is 20.3. The minimum Gasteiger partial charge on any atom is -0.507 e. The summed E-state index contributed by atoms with van der Waals surface area (Å²) in [6, 6.07) is 15.4. The summed E-state index contributed by atoms with van der Waals surface area (Å²) in [5.74, 6) is 0.231. The Bertz CT molecular complexity index is 883. The molecule has 0 amide bonds. The van der Waals surface area contributed by atoms with Crippen LogP contribution in [0.1, 0.15) is 22.3 Å². The van der Waals surface area contributed by atoms with Crippen molar-refractivity contribution in [2.45, 2.75) is 26.9 Å². The van der Waals surface area contributed by atoms with Gasteiger partial charge in [-0.25, -0.2) is 0 Å². The van der Waals surface area contributed by atoms with E-state index in [1.165, 1.54) is 0 Å². The van der Waals surface area contributed by atoms with Crippen molar-refractivity contribution in [3.05, 3.63) is 80.8 Å². The van der Waals surface area contributed by atoms with Crippen LogP contribution in [0.25, 0.3) is 0 Å². The van der Waals surface area contributed by atoms with Crippen LogP contribution in [0.5, 0.6) is 11.5 Å². The Hall–Kier alpha value is -2.56. The van der Waals surface area contributed by atoms with Crippen LogP contribution in [0.4, 0.5) is 11.4 Å². The molecule has 3 aromatic carbocycles. The molecule has 0 aliphatic heterocycles. The fourth-order valence-electron chi connectivity index (χ4n) is 2.98. The fourth-order valence-corrected chi connectivity index (χ4v) is 3.47. The summed E-state index contributed by atoms with van der Waals surface area (Å²) in [5.41, 5.74) is 5.68. The number of hydrogen-bond donors (Lipinski definition) is 4. The maximum Gasteiger partial charge on any atom is 0.152 e. The molecule has 0 saturated carbocycles. The smallest absolute Gasteiger partial charge is 0.152 e. The van der Waals surface area contributed by atoms with Crippen LogP contribution in [-0.2, 0) is 13.1 Å². The summed E-state index contributed by atoms with van der Waals surface area (Å²) >= 11 is 11.9. The van der Waals surface area contributed by atoms with Crippen molar-refractivity contribution in [1.82, 2.24) is 0 Å². The van der Waals surface area contributed by atoms with Crippen molar-refractivity contribution in [2.75, 3.05) is 10.6 Å². The number of rotatable bonds is 6.